The molecule has 0 N–H and O–H groups in total. The van der Waals surface area contributed by atoms with Crippen LogP contribution in [0.5, 0.6) is 0 Å². The third-order valence-corrected chi connectivity index (χ3v) is 5.20. The van der Waals surface area contributed by atoms with E-state index in [9.17, 15) is 9.59 Å². The molecule has 1 fully saturated rings. The molecule has 22 heavy (non-hydrogen) atoms. The van der Waals surface area contributed by atoms with Gasteiger partial charge in [0.05, 0.1) is 11.1 Å². The predicted octanol–water partition coefficient (Wildman–Crippen LogP) is 3.98. The predicted molar refractivity (Wildman–Crippen MR) is 84.2 cm³/mol. The zero-order valence-electron chi connectivity index (χ0n) is 13.6. The van der Waals surface area contributed by atoms with Crippen LogP contribution >= 0.6 is 0 Å². The molecule has 0 unspecified atom stereocenters. The molecule has 4 heteroatoms. The first-order valence-electron chi connectivity index (χ1n) is 8.59. The summed E-state index contributed by atoms with van der Waals surface area (Å²) in [5.41, 5.74) is 1.05. The number of furan rings is 1. The number of ketones is 1. The molecule has 1 aromatic heterocycles. The van der Waals surface area contributed by atoms with Crippen LogP contribution in [-0.2, 0) is 6.42 Å². The summed E-state index contributed by atoms with van der Waals surface area (Å²) in [4.78, 5) is 27.4. The normalized spacial score (nSPS) is 20.0. The Hall–Kier alpha value is -1.58. The maximum absolute atomic E-state index is 13.1. The van der Waals surface area contributed by atoms with Gasteiger partial charge in [-0.2, -0.15) is 0 Å². The Morgan fingerprint density at radius 2 is 2.05 bits per heavy atom. The third-order valence-electron chi connectivity index (χ3n) is 5.20. The van der Waals surface area contributed by atoms with Gasteiger partial charge in [-0.1, -0.05) is 19.8 Å². The van der Waals surface area contributed by atoms with Gasteiger partial charge >= 0.3 is 0 Å². The number of hydrogen-bond acceptors (Lipinski definition) is 3. The molecule has 0 saturated heterocycles. The molecular formula is C18H25NO3. The molecule has 0 bridgehead atoms. The van der Waals surface area contributed by atoms with Gasteiger partial charge in [-0.3, -0.25) is 9.59 Å². The van der Waals surface area contributed by atoms with Crippen molar-refractivity contribution in [3.05, 3.63) is 23.2 Å². The van der Waals surface area contributed by atoms with Crippen LogP contribution in [0.2, 0.25) is 0 Å². The van der Waals surface area contributed by atoms with E-state index in [0.29, 0.717) is 29.3 Å². The molecule has 1 atom stereocenters. The van der Waals surface area contributed by atoms with E-state index in [1.807, 2.05) is 4.90 Å². The summed E-state index contributed by atoms with van der Waals surface area (Å²) in [5.74, 6) is 0.755. The monoisotopic (exact) mass is 303 g/mol. The van der Waals surface area contributed by atoms with E-state index in [0.717, 1.165) is 32.1 Å². The fraction of sp³-hybridized carbons (Fsp3) is 0.667. The van der Waals surface area contributed by atoms with Crippen LogP contribution in [0.1, 0.15) is 85.3 Å². The number of carbonyl (C=O) groups excluding carboxylic acids is 2. The van der Waals surface area contributed by atoms with Gasteiger partial charge in [-0.25, -0.2) is 0 Å². The smallest absolute Gasteiger partial charge is 0.258 e. The summed E-state index contributed by atoms with van der Waals surface area (Å²) >= 11 is 0. The fourth-order valence-electron chi connectivity index (χ4n) is 3.82. The molecule has 3 rings (SSSR count). The van der Waals surface area contributed by atoms with Gasteiger partial charge in [-0.05, 0) is 32.6 Å². The quantitative estimate of drug-likeness (QED) is 0.845. The molecule has 0 aliphatic heterocycles. The number of hydrogen-bond donors (Lipinski definition) is 0. The molecule has 1 saturated carbocycles. The van der Waals surface area contributed by atoms with Crippen molar-refractivity contribution in [1.82, 2.24) is 4.90 Å². The lowest BCUT2D eigenvalue weighted by Gasteiger charge is -2.34. The Labute approximate surface area is 131 Å². The van der Waals surface area contributed by atoms with Crippen molar-refractivity contribution in [1.29, 1.82) is 0 Å². The fourth-order valence-corrected chi connectivity index (χ4v) is 3.82. The van der Waals surface area contributed by atoms with Crippen molar-refractivity contribution < 1.29 is 14.0 Å². The molecule has 0 radical (unpaired) electrons. The lowest BCUT2D eigenvalue weighted by atomic mass is 9.93. The minimum atomic E-state index is -0.0125. The molecule has 1 amide bonds. The number of aryl methyl sites for hydroxylation is 1. The Morgan fingerprint density at radius 3 is 2.73 bits per heavy atom. The van der Waals surface area contributed by atoms with Crippen LogP contribution in [-0.4, -0.2) is 28.7 Å². The van der Waals surface area contributed by atoms with Gasteiger partial charge in [0.15, 0.2) is 5.78 Å². The van der Waals surface area contributed by atoms with Gasteiger partial charge < -0.3 is 9.32 Å². The second-order valence-corrected chi connectivity index (χ2v) is 6.63. The zero-order chi connectivity index (χ0) is 15.7. The van der Waals surface area contributed by atoms with E-state index in [2.05, 4.69) is 13.8 Å². The molecule has 0 aromatic carbocycles. The van der Waals surface area contributed by atoms with Gasteiger partial charge in [0.25, 0.3) is 5.91 Å². The number of Topliss-reactive ketones (excluding diaryl/α,β-unsaturated/α-hetero) is 1. The van der Waals surface area contributed by atoms with E-state index in [1.165, 1.54) is 19.1 Å². The number of nitrogens with zero attached hydrogens (tertiary/aromatic N) is 1. The van der Waals surface area contributed by atoms with E-state index in [-0.39, 0.29) is 17.7 Å². The molecule has 1 aromatic rings. The lowest BCUT2D eigenvalue weighted by molar-refractivity contribution is 0.0585. The first-order chi connectivity index (χ1) is 10.6. The molecule has 4 nitrogen and oxygen atoms in total. The van der Waals surface area contributed by atoms with Crippen LogP contribution in [0.15, 0.2) is 10.7 Å². The largest absolute Gasteiger partial charge is 0.468 e. The highest BCUT2D eigenvalue weighted by atomic mass is 16.3. The minimum absolute atomic E-state index is 0.0125. The van der Waals surface area contributed by atoms with E-state index in [1.54, 1.807) is 0 Å². The van der Waals surface area contributed by atoms with Crippen LogP contribution in [0.25, 0.3) is 0 Å². The second kappa shape index (κ2) is 6.27. The summed E-state index contributed by atoms with van der Waals surface area (Å²) in [5, 5.41) is 0. The van der Waals surface area contributed by atoms with Gasteiger partial charge in [-0.15, -0.1) is 0 Å². The van der Waals surface area contributed by atoms with Crippen LogP contribution in [0.3, 0.4) is 0 Å². The highest BCUT2D eigenvalue weighted by molar-refractivity contribution is 6.09. The topological polar surface area (TPSA) is 50.5 Å². The zero-order valence-corrected chi connectivity index (χ0v) is 13.6. The van der Waals surface area contributed by atoms with Crippen LogP contribution < -0.4 is 0 Å². The molecule has 0 spiro atoms. The number of amides is 1. The van der Waals surface area contributed by atoms with E-state index in [4.69, 9.17) is 4.42 Å². The third kappa shape index (κ3) is 2.59. The van der Waals surface area contributed by atoms with Gasteiger partial charge in [0.2, 0.25) is 0 Å². The molecule has 2 aliphatic carbocycles. The minimum Gasteiger partial charge on any atom is -0.468 e. The molecule has 1 heterocycles. The summed E-state index contributed by atoms with van der Waals surface area (Å²) in [7, 11) is 0. The van der Waals surface area contributed by atoms with E-state index < -0.39 is 0 Å². The second-order valence-electron chi connectivity index (χ2n) is 6.63. The summed E-state index contributed by atoms with van der Waals surface area (Å²) in [6.45, 7) is 4.21. The number of fused-ring (bicyclic) bond motifs is 1. The standard InChI is InChI=1S/C18H25NO3/c1-3-12(2)19(13-7-4-5-8-13)18(21)14-11-22-16-10-6-9-15(20)17(14)16/h11-13H,3-10H2,1-2H3/t12-/m1/s1. The summed E-state index contributed by atoms with van der Waals surface area (Å²) in [6.07, 6.45) is 9.08. The van der Waals surface area contributed by atoms with Crippen molar-refractivity contribution in [2.75, 3.05) is 0 Å². The highest BCUT2D eigenvalue weighted by Gasteiger charge is 2.35. The highest BCUT2D eigenvalue weighted by Crippen LogP contribution is 2.31. The average Bonchev–Trinajstić information content (AvgIpc) is 3.17. The molecule has 120 valence electrons. The van der Waals surface area contributed by atoms with Crippen molar-refractivity contribution >= 4 is 11.7 Å². The first-order valence-corrected chi connectivity index (χ1v) is 8.59. The van der Waals surface area contributed by atoms with Crippen molar-refractivity contribution in [2.45, 2.75) is 77.3 Å². The van der Waals surface area contributed by atoms with Gasteiger partial charge in [0, 0.05) is 24.9 Å². The van der Waals surface area contributed by atoms with Crippen LogP contribution in [0, 0.1) is 0 Å². The Morgan fingerprint density at radius 1 is 1.32 bits per heavy atom. The number of rotatable bonds is 4. The Kier molecular flexibility index (Phi) is 4.37. The van der Waals surface area contributed by atoms with Crippen molar-refractivity contribution in [3.63, 3.8) is 0 Å². The van der Waals surface area contributed by atoms with Crippen molar-refractivity contribution in [2.24, 2.45) is 0 Å². The van der Waals surface area contributed by atoms with Gasteiger partial charge in [0.1, 0.15) is 12.0 Å². The molecular weight excluding hydrogens is 278 g/mol. The summed E-state index contributed by atoms with van der Waals surface area (Å²) in [6, 6.07) is 0.506. The SMILES string of the molecule is CC[C@@H](C)N(C(=O)c1coc2c1C(=O)CCC2)C1CCCC1. The van der Waals surface area contributed by atoms with E-state index >= 15 is 0 Å². The Bertz CT molecular complexity index is 569. The van der Waals surface area contributed by atoms with Crippen LogP contribution in [0.4, 0.5) is 0 Å². The average molecular weight is 303 g/mol. The summed E-state index contributed by atoms with van der Waals surface area (Å²) < 4.78 is 5.54. The maximum atomic E-state index is 13.1. The van der Waals surface area contributed by atoms with Crippen molar-refractivity contribution in [3.8, 4) is 0 Å². The first kappa shape index (κ1) is 15.3. The maximum Gasteiger partial charge on any atom is 0.258 e. The lowest BCUT2D eigenvalue weighted by Crippen LogP contribution is -2.45. The number of carbonyl (C=O) groups is 2. The Balaban J connectivity index is 1.93. The molecule has 2 aliphatic rings.